The van der Waals surface area contributed by atoms with Gasteiger partial charge in [-0.1, -0.05) is 25.3 Å². The molecule has 0 unspecified atom stereocenters. The van der Waals surface area contributed by atoms with Gasteiger partial charge in [-0.05, 0) is 25.7 Å². The highest BCUT2D eigenvalue weighted by molar-refractivity contribution is 4.86. The maximum Gasteiger partial charge on any atom is 0.0681 e. The van der Waals surface area contributed by atoms with Gasteiger partial charge < -0.3 is 4.74 Å². The van der Waals surface area contributed by atoms with Crippen LogP contribution in [0.2, 0.25) is 0 Å². The lowest BCUT2D eigenvalue weighted by molar-refractivity contribution is -0.0446. The van der Waals surface area contributed by atoms with Gasteiger partial charge in [-0.15, -0.1) is 6.58 Å². The van der Waals surface area contributed by atoms with Crippen molar-refractivity contribution in [2.24, 2.45) is 0 Å². The Kier molecular flexibility index (Phi) is 3.80. The van der Waals surface area contributed by atoms with Crippen LogP contribution in [0.15, 0.2) is 12.7 Å². The first kappa shape index (κ1) is 9.79. The first-order valence-corrected chi connectivity index (χ1v) is 4.99. The van der Waals surface area contributed by atoms with E-state index in [1.54, 1.807) is 0 Å². The average Bonchev–Trinajstić information content (AvgIpc) is 2.16. The van der Waals surface area contributed by atoms with Crippen LogP contribution in [0.25, 0.3) is 0 Å². The molecule has 1 aliphatic carbocycles. The molecule has 0 aromatic rings. The van der Waals surface area contributed by atoms with Crippen molar-refractivity contribution >= 4 is 0 Å². The summed E-state index contributed by atoms with van der Waals surface area (Å²) in [6.45, 7) is 3.75. The van der Waals surface area contributed by atoms with E-state index < -0.39 is 0 Å². The maximum absolute atomic E-state index is 5.63. The Morgan fingerprint density at radius 2 is 2.00 bits per heavy atom. The summed E-state index contributed by atoms with van der Waals surface area (Å²) in [5.41, 5.74) is 0.201. The minimum absolute atomic E-state index is 0.201. The third kappa shape index (κ3) is 2.34. The molecule has 12 heavy (non-hydrogen) atoms. The predicted molar refractivity (Wildman–Crippen MR) is 52.3 cm³/mol. The third-order valence-electron chi connectivity index (χ3n) is 3.00. The van der Waals surface area contributed by atoms with Crippen LogP contribution in [-0.2, 0) is 4.74 Å². The molecule has 0 heterocycles. The van der Waals surface area contributed by atoms with E-state index >= 15 is 0 Å². The molecule has 0 spiro atoms. The molecule has 1 aliphatic rings. The van der Waals surface area contributed by atoms with E-state index in [1.165, 1.54) is 32.1 Å². The summed E-state index contributed by atoms with van der Waals surface area (Å²) in [6.07, 6.45) is 10.8. The summed E-state index contributed by atoms with van der Waals surface area (Å²) >= 11 is 0. The highest BCUT2D eigenvalue weighted by atomic mass is 16.5. The molecule has 1 rings (SSSR count). The fraction of sp³-hybridized carbons (Fsp3) is 0.818. The van der Waals surface area contributed by atoms with Gasteiger partial charge in [0, 0.05) is 7.11 Å². The lowest BCUT2D eigenvalue weighted by Gasteiger charge is -2.35. The first-order chi connectivity index (χ1) is 5.83. The predicted octanol–water partition coefficient (Wildman–Crippen LogP) is 3.30. The number of methoxy groups -OCH3 is 1. The van der Waals surface area contributed by atoms with E-state index in [1.807, 2.05) is 13.2 Å². The largest absolute Gasteiger partial charge is 0.378 e. The normalized spacial score (nSPS) is 22.1. The number of hydrogen-bond acceptors (Lipinski definition) is 1. The van der Waals surface area contributed by atoms with Gasteiger partial charge >= 0.3 is 0 Å². The van der Waals surface area contributed by atoms with Crippen LogP contribution in [0.4, 0.5) is 0 Å². The van der Waals surface area contributed by atoms with E-state index in [9.17, 15) is 0 Å². The van der Waals surface area contributed by atoms with Crippen molar-refractivity contribution in [2.75, 3.05) is 7.11 Å². The fourth-order valence-electron chi connectivity index (χ4n) is 2.12. The summed E-state index contributed by atoms with van der Waals surface area (Å²) in [4.78, 5) is 0. The number of allylic oxidation sites excluding steroid dienone is 1. The molecule has 70 valence electrons. The molecule has 0 bridgehead atoms. The minimum Gasteiger partial charge on any atom is -0.378 e. The maximum atomic E-state index is 5.63. The quantitative estimate of drug-likeness (QED) is 0.585. The lowest BCUT2D eigenvalue weighted by Crippen LogP contribution is -2.33. The highest BCUT2D eigenvalue weighted by Gasteiger charge is 2.30. The molecule has 0 amide bonds. The van der Waals surface area contributed by atoms with E-state index in [-0.39, 0.29) is 5.60 Å². The third-order valence-corrected chi connectivity index (χ3v) is 3.00. The molecule has 0 aliphatic heterocycles. The van der Waals surface area contributed by atoms with Crippen molar-refractivity contribution in [3.05, 3.63) is 12.7 Å². The smallest absolute Gasteiger partial charge is 0.0681 e. The fourth-order valence-corrected chi connectivity index (χ4v) is 2.12. The number of ether oxygens (including phenoxy) is 1. The van der Waals surface area contributed by atoms with Crippen molar-refractivity contribution in [3.63, 3.8) is 0 Å². The monoisotopic (exact) mass is 168 g/mol. The second-order valence-electron chi connectivity index (χ2n) is 3.78. The minimum atomic E-state index is 0.201. The Labute approximate surface area is 75.8 Å². The molecular formula is C11H20O. The van der Waals surface area contributed by atoms with Crippen LogP contribution in [0.1, 0.15) is 44.9 Å². The van der Waals surface area contributed by atoms with Crippen molar-refractivity contribution in [3.8, 4) is 0 Å². The standard InChI is InChI=1S/C11H20O/c1-3-4-8-11(12-2)9-6-5-7-10-11/h3H,1,4-10H2,2H3. The van der Waals surface area contributed by atoms with E-state index in [4.69, 9.17) is 4.74 Å². The molecule has 0 radical (unpaired) electrons. The molecular weight excluding hydrogens is 148 g/mol. The molecule has 1 fully saturated rings. The molecule has 0 aromatic carbocycles. The van der Waals surface area contributed by atoms with Gasteiger partial charge in [-0.2, -0.15) is 0 Å². The van der Waals surface area contributed by atoms with Gasteiger partial charge in [0.25, 0.3) is 0 Å². The molecule has 1 nitrogen and oxygen atoms in total. The van der Waals surface area contributed by atoms with Crippen LogP contribution in [0, 0.1) is 0 Å². The van der Waals surface area contributed by atoms with Gasteiger partial charge in [-0.25, -0.2) is 0 Å². The summed E-state index contributed by atoms with van der Waals surface area (Å²) in [5, 5.41) is 0. The van der Waals surface area contributed by atoms with Crippen molar-refractivity contribution < 1.29 is 4.74 Å². The van der Waals surface area contributed by atoms with E-state index in [0.29, 0.717) is 0 Å². The van der Waals surface area contributed by atoms with Crippen LogP contribution in [-0.4, -0.2) is 12.7 Å². The summed E-state index contributed by atoms with van der Waals surface area (Å²) in [7, 11) is 1.86. The van der Waals surface area contributed by atoms with Crippen LogP contribution >= 0.6 is 0 Å². The Bertz CT molecular complexity index is 134. The van der Waals surface area contributed by atoms with Crippen molar-refractivity contribution in [2.45, 2.75) is 50.5 Å². The second-order valence-corrected chi connectivity index (χ2v) is 3.78. The number of hydrogen-bond donors (Lipinski definition) is 0. The molecule has 0 atom stereocenters. The second kappa shape index (κ2) is 4.66. The van der Waals surface area contributed by atoms with E-state index in [2.05, 4.69) is 6.58 Å². The zero-order valence-electron chi connectivity index (χ0n) is 8.14. The van der Waals surface area contributed by atoms with E-state index in [0.717, 1.165) is 12.8 Å². The first-order valence-electron chi connectivity index (χ1n) is 4.99. The Morgan fingerprint density at radius 1 is 1.33 bits per heavy atom. The summed E-state index contributed by atoms with van der Waals surface area (Å²) in [5.74, 6) is 0. The SMILES string of the molecule is C=CCCC1(OC)CCCCC1. The summed E-state index contributed by atoms with van der Waals surface area (Å²) in [6, 6.07) is 0. The molecule has 0 N–H and O–H groups in total. The molecule has 0 aromatic heterocycles. The zero-order chi connectivity index (χ0) is 8.86. The number of rotatable bonds is 4. The summed E-state index contributed by atoms with van der Waals surface area (Å²) < 4.78 is 5.63. The molecule has 1 heteroatoms. The van der Waals surface area contributed by atoms with Gasteiger partial charge in [-0.3, -0.25) is 0 Å². The highest BCUT2D eigenvalue weighted by Crippen LogP contribution is 2.34. The lowest BCUT2D eigenvalue weighted by atomic mass is 9.81. The molecule has 1 saturated carbocycles. The van der Waals surface area contributed by atoms with Gasteiger partial charge in [0.05, 0.1) is 5.60 Å². The van der Waals surface area contributed by atoms with Gasteiger partial charge in [0.15, 0.2) is 0 Å². The molecule has 0 saturated heterocycles. The van der Waals surface area contributed by atoms with Crippen molar-refractivity contribution in [1.29, 1.82) is 0 Å². The van der Waals surface area contributed by atoms with Crippen LogP contribution in [0.5, 0.6) is 0 Å². The Balaban J connectivity index is 2.41. The Morgan fingerprint density at radius 3 is 2.50 bits per heavy atom. The van der Waals surface area contributed by atoms with Gasteiger partial charge in [0.1, 0.15) is 0 Å². The van der Waals surface area contributed by atoms with Gasteiger partial charge in [0.2, 0.25) is 0 Å². The van der Waals surface area contributed by atoms with Crippen LogP contribution < -0.4 is 0 Å². The zero-order valence-corrected chi connectivity index (χ0v) is 8.14. The van der Waals surface area contributed by atoms with Crippen LogP contribution in [0.3, 0.4) is 0 Å². The Hall–Kier alpha value is -0.300. The average molecular weight is 168 g/mol. The van der Waals surface area contributed by atoms with Crippen molar-refractivity contribution in [1.82, 2.24) is 0 Å². The topological polar surface area (TPSA) is 9.23 Å².